The lowest BCUT2D eigenvalue weighted by atomic mass is 10.0. The number of amides is 1. The number of nitrogens with one attached hydrogen (secondary N) is 1. The molecule has 0 aliphatic carbocycles. The van der Waals surface area contributed by atoms with Crippen LogP contribution in [-0.4, -0.2) is 38.0 Å². The highest BCUT2D eigenvalue weighted by molar-refractivity contribution is 7.89. The minimum Gasteiger partial charge on any atom is -0.497 e. The molecule has 2 aromatic rings. The molecule has 138 valence electrons. The van der Waals surface area contributed by atoms with Crippen LogP contribution in [-0.2, 0) is 27.8 Å². The summed E-state index contributed by atoms with van der Waals surface area (Å²) in [6.07, 6.45) is 0.614. The number of anilines is 1. The molecule has 2 aromatic carbocycles. The molecule has 0 saturated heterocycles. The molecule has 26 heavy (non-hydrogen) atoms. The number of fused-ring (bicyclic) bond motifs is 1. The Kier molecular flexibility index (Phi) is 5.58. The van der Waals surface area contributed by atoms with Crippen molar-refractivity contribution in [2.24, 2.45) is 0 Å². The average Bonchev–Trinajstić information content (AvgIpc) is 2.66. The molecule has 6 nitrogen and oxygen atoms in total. The number of hydrogen-bond acceptors (Lipinski definition) is 4. The number of carbonyl (C=O) groups excluding carboxylic acids is 1. The van der Waals surface area contributed by atoms with Crippen LogP contribution in [0, 0.1) is 0 Å². The molecule has 0 aromatic heterocycles. The average molecular weight is 374 g/mol. The zero-order chi connectivity index (χ0) is 18.6. The number of sulfonamides is 1. The van der Waals surface area contributed by atoms with Gasteiger partial charge in [-0.2, -0.15) is 4.31 Å². The lowest BCUT2D eigenvalue weighted by Crippen LogP contribution is -2.38. The van der Waals surface area contributed by atoms with E-state index in [0.29, 0.717) is 30.9 Å². The molecule has 0 fully saturated rings. The third kappa shape index (κ3) is 4.42. The predicted molar refractivity (Wildman–Crippen MR) is 101 cm³/mol. The molecule has 1 amide bonds. The van der Waals surface area contributed by atoms with E-state index in [1.165, 1.54) is 9.87 Å². The first-order valence-corrected chi connectivity index (χ1v) is 10.1. The van der Waals surface area contributed by atoms with Crippen LogP contribution in [0.3, 0.4) is 0 Å². The quantitative estimate of drug-likeness (QED) is 0.842. The van der Waals surface area contributed by atoms with Crippen LogP contribution < -0.4 is 10.1 Å². The predicted octanol–water partition coefficient (Wildman–Crippen LogP) is 2.41. The molecule has 0 bridgehead atoms. The van der Waals surface area contributed by atoms with Crippen LogP contribution in [0.1, 0.15) is 17.5 Å². The molecule has 7 heteroatoms. The van der Waals surface area contributed by atoms with Gasteiger partial charge in [0.05, 0.1) is 12.9 Å². The van der Waals surface area contributed by atoms with Gasteiger partial charge >= 0.3 is 0 Å². The Hall–Kier alpha value is -2.38. The van der Waals surface area contributed by atoms with Crippen molar-refractivity contribution in [2.75, 3.05) is 24.7 Å². The van der Waals surface area contributed by atoms with Crippen molar-refractivity contribution < 1.29 is 17.9 Å². The Morgan fingerprint density at radius 1 is 1.15 bits per heavy atom. The number of ether oxygens (including phenoxy) is 1. The summed E-state index contributed by atoms with van der Waals surface area (Å²) < 4.78 is 31.7. The van der Waals surface area contributed by atoms with E-state index in [-0.39, 0.29) is 18.1 Å². The number of benzene rings is 2. The van der Waals surface area contributed by atoms with Gasteiger partial charge in [0.2, 0.25) is 15.9 Å². The summed E-state index contributed by atoms with van der Waals surface area (Å²) in [6.45, 7) is 0.826. The van der Waals surface area contributed by atoms with E-state index < -0.39 is 10.0 Å². The molecule has 0 spiro atoms. The third-order valence-electron chi connectivity index (χ3n) is 4.43. The molecule has 1 N–H and O–H groups in total. The van der Waals surface area contributed by atoms with Crippen molar-refractivity contribution in [1.82, 2.24) is 4.31 Å². The maximum atomic E-state index is 12.6. The molecule has 3 rings (SSSR count). The molecule has 0 atom stereocenters. The van der Waals surface area contributed by atoms with Gasteiger partial charge in [0.1, 0.15) is 5.75 Å². The molecule has 0 unspecified atom stereocenters. The number of carbonyl (C=O) groups is 1. The summed E-state index contributed by atoms with van der Waals surface area (Å²) in [5.41, 5.74) is 2.80. The topological polar surface area (TPSA) is 75.7 Å². The van der Waals surface area contributed by atoms with Gasteiger partial charge in [-0.05, 0) is 29.7 Å². The lowest BCUT2D eigenvalue weighted by Gasteiger charge is -2.28. The first-order chi connectivity index (χ1) is 12.5. The Bertz CT molecular complexity index is 896. The summed E-state index contributed by atoms with van der Waals surface area (Å²) in [4.78, 5) is 12.1. The van der Waals surface area contributed by atoms with E-state index in [0.717, 1.165) is 5.56 Å². The lowest BCUT2D eigenvalue weighted by molar-refractivity contribution is -0.115. The van der Waals surface area contributed by atoms with Gasteiger partial charge in [-0.3, -0.25) is 4.79 Å². The molecule has 1 aliphatic rings. The fourth-order valence-electron chi connectivity index (χ4n) is 2.98. The van der Waals surface area contributed by atoms with Crippen LogP contribution in [0.4, 0.5) is 5.69 Å². The highest BCUT2D eigenvalue weighted by Gasteiger charge is 2.26. The molecular weight excluding hydrogens is 352 g/mol. The van der Waals surface area contributed by atoms with Gasteiger partial charge in [0.15, 0.2) is 0 Å². The highest BCUT2D eigenvalue weighted by Crippen LogP contribution is 2.21. The molecule has 1 aliphatic heterocycles. The van der Waals surface area contributed by atoms with Crippen molar-refractivity contribution in [1.29, 1.82) is 0 Å². The summed E-state index contributed by atoms with van der Waals surface area (Å²) in [6, 6.07) is 14.8. The van der Waals surface area contributed by atoms with E-state index in [4.69, 9.17) is 4.74 Å². The second-order valence-corrected chi connectivity index (χ2v) is 8.29. The van der Waals surface area contributed by atoms with Crippen molar-refractivity contribution >= 4 is 21.6 Å². The Labute approximate surface area is 153 Å². The molecule has 0 saturated carbocycles. The standard InChI is InChI=1S/C19H22N2O4S/c1-25-18-8-4-7-17(13-18)20-19(22)10-12-26(23,24)21-11-9-15-5-2-3-6-16(15)14-21/h2-8,13H,9-12,14H2,1H3,(H,20,22). The Morgan fingerprint density at radius 2 is 1.92 bits per heavy atom. The smallest absolute Gasteiger partial charge is 0.225 e. The summed E-state index contributed by atoms with van der Waals surface area (Å²) in [5, 5.41) is 2.71. The van der Waals surface area contributed by atoms with Crippen LogP contribution in [0.25, 0.3) is 0 Å². The van der Waals surface area contributed by atoms with Crippen LogP contribution in [0.15, 0.2) is 48.5 Å². The van der Waals surface area contributed by atoms with Crippen molar-refractivity contribution in [3.8, 4) is 5.75 Å². The number of rotatable bonds is 6. The minimum atomic E-state index is -3.48. The van der Waals surface area contributed by atoms with Gasteiger partial charge in [0.25, 0.3) is 0 Å². The number of nitrogens with zero attached hydrogens (tertiary/aromatic N) is 1. The van der Waals surface area contributed by atoms with Crippen molar-refractivity contribution in [2.45, 2.75) is 19.4 Å². The van der Waals surface area contributed by atoms with Gasteiger partial charge in [-0.15, -0.1) is 0 Å². The van der Waals surface area contributed by atoms with Crippen LogP contribution >= 0.6 is 0 Å². The largest absolute Gasteiger partial charge is 0.497 e. The zero-order valence-corrected chi connectivity index (χ0v) is 15.5. The molecule has 0 radical (unpaired) electrons. The van der Waals surface area contributed by atoms with E-state index in [1.807, 2.05) is 24.3 Å². The minimum absolute atomic E-state index is 0.0856. The number of methoxy groups -OCH3 is 1. The fourth-order valence-corrected chi connectivity index (χ4v) is 4.39. The second-order valence-electron chi connectivity index (χ2n) is 6.20. The molecular formula is C19H22N2O4S. The fraction of sp³-hybridized carbons (Fsp3) is 0.316. The maximum Gasteiger partial charge on any atom is 0.225 e. The van der Waals surface area contributed by atoms with Crippen molar-refractivity contribution in [3.63, 3.8) is 0 Å². The zero-order valence-electron chi connectivity index (χ0n) is 14.6. The third-order valence-corrected chi connectivity index (χ3v) is 6.25. The van der Waals surface area contributed by atoms with Gasteiger partial charge in [0, 0.05) is 31.3 Å². The van der Waals surface area contributed by atoms with Crippen LogP contribution in [0.2, 0.25) is 0 Å². The Balaban J connectivity index is 1.57. The monoisotopic (exact) mass is 374 g/mol. The van der Waals surface area contributed by atoms with Gasteiger partial charge < -0.3 is 10.1 Å². The van der Waals surface area contributed by atoms with E-state index in [1.54, 1.807) is 31.4 Å². The number of hydrogen-bond donors (Lipinski definition) is 1. The van der Waals surface area contributed by atoms with Gasteiger partial charge in [-0.25, -0.2) is 8.42 Å². The first-order valence-electron chi connectivity index (χ1n) is 8.46. The van der Waals surface area contributed by atoms with Crippen LogP contribution in [0.5, 0.6) is 5.75 Å². The second kappa shape index (κ2) is 7.88. The highest BCUT2D eigenvalue weighted by atomic mass is 32.2. The SMILES string of the molecule is COc1cccc(NC(=O)CCS(=O)(=O)N2CCc3ccccc3C2)c1. The molecule has 1 heterocycles. The normalized spacial score (nSPS) is 14.5. The first kappa shape index (κ1) is 18.4. The van der Waals surface area contributed by atoms with Crippen molar-refractivity contribution in [3.05, 3.63) is 59.7 Å². The van der Waals surface area contributed by atoms with E-state index >= 15 is 0 Å². The maximum absolute atomic E-state index is 12.6. The summed E-state index contributed by atoms with van der Waals surface area (Å²) in [7, 11) is -1.93. The summed E-state index contributed by atoms with van der Waals surface area (Å²) >= 11 is 0. The van der Waals surface area contributed by atoms with E-state index in [2.05, 4.69) is 5.32 Å². The summed E-state index contributed by atoms with van der Waals surface area (Å²) in [5.74, 6) is 0.0898. The van der Waals surface area contributed by atoms with Gasteiger partial charge in [-0.1, -0.05) is 30.3 Å². The van der Waals surface area contributed by atoms with E-state index in [9.17, 15) is 13.2 Å². The Morgan fingerprint density at radius 3 is 2.69 bits per heavy atom.